The summed E-state index contributed by atoms with van der Waals surface area (Å²) >= 11 is 0. The molecule has 3 nitrogen and oxygen atoms in total. The minimum absolute atomic E-state index is 0. The number of carbonyl (C=O) groups excluding carboxylic acids is 1. The number of benzene rings is 2. The van der Waals surface area contributed by atoms with E-state index in [1.54, 1.807) is 27.7 Å². The molecular weight excluding hydrogens is 452 g/mol. The van der Waals surface area contributed by atoms with Crippen molar-refractivity contribution in [2.75, 3.05) is 0 Å². The Hall–Kier alpha value is -1.68. The molecule has 0 fully saturated rings. The van der Waals surface area contributed by atoms with E-state index in [9.17, 15) is 31.1 Å². The van der Waals surface area contributed by atoms with Crippen LogP contribution in [-0.4, -0.2) is 36.6 Å². The summed E-state index contributed by atoms with van der Waals surface area (Å²) in [5.41, 5.74) is -5.91. The number of carbonyl (C=O) groups is 1. The topological polar surface area (TPSA) is 35.5 Å². The summed E-state index contributed by atoms with van der Waals surface area (Å²) in [4.78, 5) is 12.8. The van der Waals surface area contributed by atoms with Crippen molar-refractivity contribution in [2.24, 2.45) is 0 Å². The van der Waals surface area contributed by atoms with E-state index < -0.39 is 43.1 Å². The zero-order valence-corrected chi connectivity index (χ0v) is 19.1. The summed E-state index contributed by atoms with van der Waals surface area (Å²) in [6.45, 7) is 6.97. The molecule has 2 rings (SSSR count). The van der Waals surface area contributed by atoms with E-state index in [0.717, 1.165) is 0 Å². The fourth-order valence-electron chi connectivity index (χ4n) is 2.76. The Morgan fingerprint density at radius 1 is 0.844 bits per heavy atom. The van der Waals surface area contributed by atoms with Crippen LogP contribution < -0.4 is 14.8 Å². The standard InChI is InChI=1S/C21H21F6O3P.Li/c1-11(2)29-13-8-9-17(16(10-13)30-12(3)4)31-19(28)18-14(20(22,23)24)6-5-7-15(18)21(25,26)27;/h5-12,31H,1-4H3;. The molecule has 0 N–H and O–H groups in total. The van der Waals surface area contributed by atoms with Crippen LogP contribution in [0.3, 0.4) is 0 Å². The van der Waals surface area contributed by atoms with Crippen LogP contribution in [0.4, 0.5) is 26.3 Å². The van der Waals surface area contributed by atoms with E-state index in [1.807, 2.05) is 0 Å². The summed E-state index contributed by atoms with van der Waals surface area (Å²) in [5.74, 6) is 0.566. The molecule has 2 aromatic rings. The van der Waals surface area contributed by atoms with Crippen LogP contribution in [0.2, 0.25) is 0 Å². The van der Waals surface area contributed by atoms with Gasteiger partial charge in [-0.2, -0.15) is 26.3 Å². The van der Waals surface area contributed by atoms with Gasteiger partial charge in [0.05, 0.1) is 23.3 Å². The third-order valence-corrected chi connectivity index (χ3v) is 5.00. The molecule has 32 heavy (non-hydrogen) atoms. The van der Waals surface area contributed by atoms with E-state index in [2.05, 4.69) is 0 Å². The first-order valence-electron chi connectivity index (χ1n) is 9.26. The van der Waals surface area contributed by atoms with Gasteiger partial charge in [0.1, 0.15) is 11.5 Å². The molecule has 0 spiro atoms. The van der Waals surface area contributed by atoms with Gasteiger partial charge in [-0.1, -0.05) is 6.07 Å². The Labute approximate surface area is 195 Å². The molecular formula is C21H21F6LiO3P. The van der Waals surface area contributed by atoms with Gasteiger partial charge in [0.25, 0.3) is 0 Å². The van der Waals surface area contributed by atoms with E-state index in [1.165, 1.54) is 18.2 Å². The first-order chi connectivity index (χ1) is 14.2. The Morgan fingerprint density at radius 2 is 1.34 bits per heavy atom. The second kappa shape index (κ2) is 11.0. The normalized spacial score (nSPS) is 12.4. The molecule has 0 saturated carbocycles. The molecule has 0 aliphatic heterocycles. The molecule has 1 unspecified atom stereocenters. The van der Waals surface area contributed by atoms with Crippen LogP contribution in [0.25, 0.3) is 0 Å². The number of halogens is 6. The number of hydrogen-bond acceptors (Lipinski definition) is 3. The first kappa shape index (κ1) is 28.4. The Kier molecular flexibility index (Phi) is 9.71. The second-order valence-corrected chi connectivity index (χ2v) is 8.41. The van der Waals surface area contributed by atoms with Crippen molar-refractivity contribution in [1.82, 2.24) is 0 Å². The quantitative estimate of drug-likeness (QED) is 0.279. The predicted octanol–water partition coefficient (Wildman–Crippen LogP) is 6.06. The molecule has 0 aliphatic rings. The van der Waals surface area contributed by atoms with Crippen molar-refractivity contribution < 1.29 is 40.6 Å². The van der Waals surface area contributed by atoms with Gasteiger partial charge in [0.2, 0.25) is 0 Å². The van der Waals surface area contributed by atoms with Crippen LogP contribution in [0.5, 0.6) is 11.5 Å². The summed E-state index contributed by atoms with van der Waals surface area (Å²) in [6, 6.07) is 5.95. The Morgan fingerprint density at radius 3 is 1.78 bits per heavy atom. The Balaban J connectivity index is 0.00000512. The van der Waals surface area contributed by atoms with Gasteiger partial charge < -0.3 is 9.47 Å². The maximum absolute atomic E-state index is 13.4. The van der Waals surface area contributed by atoms with Crippen molar-refractivity contribution in [3.05, 3.63) is 53.1 Å². The molecule has 0 amide bonds. The maximum atomic E-state index is 13.4. The zero-order chi connectivity index (χ0) is 23.6. The molecule has 1 atom stereocenters. The first-order valence-corrected chi connectivity index (χ1v) is 10.3. The minimum atomic E-state index is -5.12. The molecule has 0 saturated heterocycles. The van der Waals surface area contributed by atoms with Crippen LogP contribution >= 0.6 is 8.58 Å². The minimum Gasteiger partial charge on any atom is -0.491 e. The van der Waals surface area contributed by atoms with E-state index in [4.69, 9.17) is 9.47 Å². The summed E-state index contributed by atoms with van der Waals surface area (Å²) in [6.07, 6.45) is -10.8. The van der Waals surface area contributed by atoms with Crippen LogP contribution in [0, 0.1) is 0 Å². The van der Waals surface area contributed by atoms with Gasteiger partial charge >= 0.3 is 12.4 Å². The van der Waals surface area contributed by atoms with Gasteiger partial charge in [-0.15, -0.1) is 0 Å². The Bertz CT molecular complexity index is 910. The van der Waals surface area contributed by atoms with Gasteiger partial charge in [0, 0.05) is 35.8 Å². The molecule has 0 aliphatic carbocycles. The molecule has 0 bridgehead atoms. The molecule has 11 heteroatoms. The van der Waals surface area contributed by atoms with Crippen molar-refractivity contribution >= 4 is 38.3 Å². The average molecular weight is 473 g/mol. The monoisotopic (exact) mass is 473 g/mol. The smallest absolute Gasteiger partial charge is 0.417 e. The van der Waals surface area contributed by atoms with Gasteiger partial charge in [0.15, 0.2) is 5.52 Å². The van der Waals surface area contributed by atoms with Gasteiger partial charge in [-0.25, -0.2) is 0 Å². The van der Waals surface area contributed by atoms with E-state index in [0.29, 0.717) is 23.9 Å². The van der Waals surface area contributed by atoms with Crippen LogP contribution in [-0.2, 0) is 12.4 Å². The maximum Gasteiger partial charge on any atom is 0.417 e. The molecule has 171 valence electrons. The fourth-order valence-corrected chi connectivity index (χ4v) is 3.82. The van der Waals surface area contributed by atoms with E-state index >= 15 is 0 Å². The molecule has 0 heterocycles. The predicted molar refractivity (Wildman–Crippen MR) is 112 cm³/mol. The van der Waals surface area contributed by atoms with Crippen molar-refractivity contribution in [3.63, 3.8) is 0 Å². The number of ether oxygens (including phenoxy) is 2. The van der Waals surface area contributed by atoms with Crippen LogP contribution in [0.1, 0.15) is 49.2 Å². The van der Waals surface area contributed by atoms with Crippen molar-refractivity contribution in [1.29, 1.82) is 0 Å². The zero-order valence-electron chi connectivity index (χ0n) is 18.1. The molecule has 1 radical (unpaired) electrons. The van der Waals surface area contributed by atoms with Gasteiger partial charge in [-0.3, -0.25) is 4.79 Å². The molecule has 2 aromatic carbocycles. The number of hydrogen-bond donors (Lipinski definition) is 0. The fraction of sp³-hybridized carbons (Fsp3) is 0.381. The summed E-state index contributed by atoms with van der Waals surface area (Å²) in [5, 5.41) is 0.180. The SMILES string of the molecule is CC(C)Oc1ccc(PC(=O)c2c(C(F)(F)F)cccc2C(F)(F)F)c(OC(C)C)c1.[Li]. The molecule has 0 aromatic heterocycles. The summed E-state index contributed by atoms with van der Waals surface area (Å²) in [7, 11) is -1.02. The van der Waals surface area contributed by atoms with E-state index in [-0.39, 0.29) is 42.1 Å². The number of alkyl halides is 6. The third-order valence-electron chi connectivity index (χ3n) is 3.84. The largest absolute Gasteiger partial charge is 0.491 e. The number of rotatable bonds is 7. The van der Waals surface area contributed by atoms with Crippen LogP contribution in [0.15, 0.2) is 36.4 Å². The van der Waals surface area contributed by atoms with Gasteiger partial charge in [-0.05, 0) is 60.5 Å². The van der Waals surface area contributed by atoms with Crippen molar-refractivity contribution in [2.45, 2.75) is 52.3 Å². The average Bonchev–Trinajstić information content (AvgIpc) is 2.60. The van der Waals surface area contributed by atoms with Crippen molar-refractivity contribution in [3.8, 4) is 11.5 Å². The third kappa shape index (κ3) is 7.43. The second-order valence-electron chi connectivity index (χ2n) is 7.17. The summed E-state index contributed by atoms with van der Waals surface area (Å²) < 4.78 is 91.5.